The number of carbonyl (C=O) groups excluding carboxylic acids is 1. The summed E-state index contributed by atoms with van der Waals surface area (Å²) >= 11 is 5.79. The molecule has 2 aromatic carbocycles. The number of nitro benzene ring substituents is 1. The van der Waals surface area contributed by atoms with Crippen molar-refractivity contribution >= 4 is 35.2 Å². The van der Waals surface area contributed by atoms with Crippen LogP contribution in [0.15, 0.2) is 41.5 Å². The molecule has 0 heterocycles. The Morgan fingerprint density at radius 2 is 1.97 bits per heavy atom. The van der Waals surface area contributed by atoms with Crippen molar-refractivity contribution in [2.75, 3.05) is 18.5 Å². The van der Waals surface area contributed by atoms with Gasteiger partial charge in [-0.05, 0) is 43.7 Å². The summed E-state index contributed by atoms with van der Waals surface area (Å²) in [6.07, 6.45) is 1.97. The van der Waals surface area contributed by atoms with Crippen LogP contribution in [-0.4, -0.2) is 30.4 Å². The van der Waals surface area contributed by atoms with E-state index >= 15 is 0 Å². The number of urea groups is 1. The quantitative estimate of drug-likeness (QED) is 0.349. The Labute approximate surface area is 172 Å². The van der Waals surface area contributed by atoms with E-state index in [9.17, 15) is 14.9 Å². The molecule has 29 heavy (non-hydrogen) atoms. The van der Waals surface area contributed by atoms with Crippen LogP contribution in [0.3, 0.4) is 0 Å². The third kappa shape index (κ3) is 6.65. The number of ether oxygens (including phenoxy) is 2. The van der Waals surface area contributed by atoms with Crippen molar-refractivity contribution < 1.29 is 19.2 Å². The fraction of sp³-hybridized carbons (Fsp3) is 0.263. The Bertz CT molecular complexity index is 887. The number of halogens is 1. The molecule has 2 amide bonds. The number of carbonyl (C=O) groups is 1. The van der Waals surface area contributed by atoms with Gasteiger partial charge in [-0.25, -0.2) is 10.2 Å². The number of amides is 2. The number of nitrogens with one attached hydrogen (secondary N) is 2. The normalized spacial score (nSPS) is 10.6. The maximum atomic E-state index is 11.9. The first kappa shape index (κ1) is 22.0. The van der Waals surface area contributed by atoms with E-state index in [-0.39, 0.29) is 17.2 Å². The van der Waals surface area contributed by atoms with Gasteiger partial charge < -0.3 is 14.8 Å². The summed E-state index contributed by atoms with van der Waals surface area (Å²) < 4.78 is 11.0. The minimum Gasteiger partial charge on any atom is -0.490 e. The number of hydrogen-bond acceptors (Lipinski definition) is 6. The summed E-state index contributed by atoms with van der Waals surface area (Å²) in [5.41, 5.74) is 2.96. The fourth-order valence-electron chi connectivity index (χ4n) is 2.29. The Kier molecular flexibility index (Phi) is 8.23. The van der Waals surface area contributed by atoms with Crippen molar-refractivity contribution in [3.63, 3.8) is 0 Å². The maximum absolute atomic E-state index is 11.9. The molecule has 0 aromatic heterocycles. The van der Waals surface area contributed by atoms with E-state index in [0.29, 0.717) is 35.9 Å². The monoisotopic (exact) mass is 420 g/mol. The highest BCUT2D eigenvalue weighted by molar-refractivity contribution is 6.30. The van der Waals surface area contributed by atoms with Crippen molar-refractivity contribution in [3.8, 4) is 11.5 Å². The minimum atomic E-state index is -0.578. The van der Waals surface area contributed by atoms with Crippen molar-refractivity contribution in [1.82, 2.24) is 5.43 Å². The molecule has 0 fully saturated rings. The molecule has 0 aliphatic heterocycles. The van der Waals surface area contributed by atoms with Gasteiger partial charge in [0.05, 0.1) is 24.4 Å². The smallest absolute Gasteiger partial charge is 0.339 e. The summed E-state index contributed by atoms with van der Waals surface area (Å²) in [7, 11) is 0. The second-order valence-electron chi connectivity index (χ2n) is 5.74. The third-order valence-electron chi connectivity index (χ3n) is 3.49. The van der Waals surface area contributed by atoms with Gasteiger partial charge in [0.15, 0.2) is 5.75 Å². The standard InChI is InChI=1S/C19H21ClN4O5/c1-3-9-29-18-16(24(26)27)10-13(11-17(18)28-4-2)12-21-23-19(25)22-15-7-5-14(20)6-8-15/h5-8,10-12H,3-4,9H2,1-2H3,(H2,22,23,25)/b21-12-. The average Bonchev–Trinajstić information content (AvgIpc) is 2.68. The van der Waals surface area contributed by atoms with E-state index in [1.165, 1.54) is 12.3 Å². The van der Waals surface area contributed by atoms with Crippen LogP contribution >= 0.6 is 11.6 Å². The first-order valence-electron chi connectivity index (χ1n) is 8.88. The van der Waals surface area contributed by atoms with E-state index in [2.05, 4.69) is 15.8 Å². The Morgan fingerprint density at radius 3 is 2.59 bits per heavy atom. The molecule has 0 atom stereocenters. The number of nitro groups is 1. The van der Waals surface area contributed by atoms with Crippen LogP contribution in [0.5, 0.6) is 11.5 Å². The van der Waals surface area contributed by atoms with Crippen molar-refractivity contribution in [2.24, 2.45) is 5.10 Å². The molecule has 2 aromatic rings. The molecule has 0 aliphatic carbocycles. The number of anilines is 1. The van der Waals surface area contributed by atoms with Crippen LogP contribution in [-0.2, 0) is 0 Å². The van der Waals surface area contributed by atoms with Gasteiger partial charge in [0.1, 0.15) is 0 Å². The summed E-state index contributed by atoms with van der Waals surface area (Å²) in [6, 6.07) is 8.83. The minimum absolute atomic E-state index is 0.0734. The molecule has 0 saturated heterocycles. The average molecular weight is 421 g/mol. The fourth-order valence-corrected chi connectivity index (χ4v) is 2.41. The summed E-state index contributed by atoms with van der Waals surface area (Å²) in [5, 5.41) is 18.4. The first-order valence-corrected chi connectivity index (χ1v) is 9.26. The summed E-state index contributed by atoms with van der Waals surface area (Å²) in [4.78, 5) is 22.8. The Balaban J connectivity index is 2.14. The third-order valence-corrected chi connectivity index (χ3v) is 3.74. The topological polar surface area (TPSA) is 115 Å². The van der Waals surface area contributed by atoms with E-state index in [1.54, 1.807) is 37.3 Å². The predicted molar refractivity (Wildman–Crippen MR) is 111 cm³/mol. The molecule has 2 N–H and O–H groups in total. The molecule has 0 aliphatic rings. The van der Waals surface area contributed by atoms with Gasteiger partial charge in [-0.1, -0.05) is 18.5 Å². The summed E-state index contributed by atoms with van der Waals surface area (Å²) in [6.45, 7) is 4.29. The molecule has 0 bridgehead atoms. The highest BCUT2D eigenvalue weighted by atomic mass is 35.5. The van der Waals surface area contributed by atoms with E-state index in [4.69, 9.17) is 21.1 Å². The number of benzene rings is 2. The Morgan fingerprint density at radius 1 is 1.24 bits per heavy atom. The Hall–Kier alpha value is -3.33. The lowest BCUT2D eigenvalue weighted by Crippen LogP contribution is -2.24. The van der Waals surface area contributed by atoms with Crippen molar-refractivity contribution in [3.05, 3.63) is 57.1 Å². The lowest BCUT2D eigenvalue weighted by atomic mass is 10.2. The van der Waals surface area contributed by atoms with Crippen LogP contribution in [0.2, 0.25) is 5.02 Å². The zero-order chi connectivity index (χ0) is 21.2. The predicted octanol–water partition coefficient (Wildman–Crippen LogP) is 4.59. The number of hydrogen-bond donors (Lipinski definition) is 2. The highest BCUT2D eigenvalue weighted by Gasteiger charge is 2.22. The van der Waals surface area contributed by atoms with Crippen LogP contribution in [0.4, 0.5) is 16.2 Å². The molecule has 0 radical (unpaired) electrons. The second kappa shape index (κ2) is 10.9. The first-order chi connectivity index (χ1) is 13.9. The molecule has 2 rings (SSSR count). The van der Waals surface area contributed by atoms with Crippen LogP contribution in [0.1, 0.15) is 25.8 Å². The number of rotatable bonds is 9. The number of hydrazone groups is 1. The van der Waals surface area contributed by atoms with Gasteiger partial charge in [0, 0.05) is 22.3 Å². The molecule has 10 heteroatoms. The van der Waals surface area contributed by atoms with Gasteiger partial charge in [-0.2, -0.15) is 5.10 Å². The van der Waals surface area contributed by atoms with Crippen molar-refractivity contribution in [2.45, 2.75) is 20.3 Å². The molecular weight excluding hydrogens is 400 g/mol. The summed E-state index contributed by atoms with van der Waals surface area (Å²) in [5.74, 6) is 0.312. The van der Waals surface area contributed by atoms with Gasteiger partial charge in [-0.15, -0.1) is 0 Å². The molecule has 154 valence electrons. The molecular formula is C19H21ClN4O5. The van der Waals surface area contributed by atoms with Crippen molar-refractivity contribution in [1.29, 1.82) is 0 Å². The molecule has 9 nitrogen and oxygen atoms in total. The molecule has 0 unspecified atom stereocenters. The maximum Gasteiger partial charge on any atom is 0.339 e. The van der Waals surface area contributed by atoms with Gasteiger partial charge in [-0.3, -0.25) is 10.1 Å². The van der Waals surface area contributed by atoms with Crippen LogP contribution in [0.25, 0.3) is 0 Å². The largest absolute Gasteiger partial charge is 0.490 e. The lowest BCUT2D eigenvalue weighted by Gasteiger charge is -2.12. The van der Waals surface area contributed by atoms with Crippen LogP contribution < -0.4 is 20.2 Å². The highest BCUT2D eigenvalue weighted by Crippen LogP contribution is 2.38. The van der Waals surface area contributed by atoms with Gasteiger partial charge >= 0.3 is 11.7 Å². The van der Waals surface area contributed by atoms with Gasteiger partial charge in [0.2, 0.25) is 5.75 Å². The number of nitrogens with zero attached hydrogens (tertiary/aromatic N) is 2. The molecule has 0 saturated carbocycles. The van der Waals surface area contributed by atoms with E-state index in [1.807, 2.05) is 6.92 Å². The molecule has 0 spiro atoms. The zero-order valence-electron chi connectivity index (χ0n) is 16.0. The lowest BCUT2D eigenvalue weighted by molar-refractivity contribution is -0.386. The SMILES string of the molecule is CCCOc1c(OCC)cc(/C=N\NC(=O)Nc2ccc(Cl)cc2)cc1[N+](=O)[O-]. The second-order valence-corrected chi connectivity index (χ2v) is 6.17. The zero-order valence-corrected chi connectivity index (χ0v) is 16.7. The van der Waals surface area contributed by atoms with Gasteiger partial charge in [0.25, 0.3) is 0 Å². The van der Waals surface area contributed by atoms with E-state index < -0.39 is 11.0 Å². The van der Waals surface area contributed by atoms with E-state index in [0.717, 1.165) is 0 Å². The van der Waals surface area contributed by atoms with Crippen LogP contribution in [0, 0.1) is 10.1 Å².